The Kier molecular flexibility index (Phi) is 3.88. The van der Waals surface area contributed by atoms with Crippen LogP contribution in [0.3, 0.4) is 0 Å². The molecule has 0 bridgehead atoms. The summed E-state index contributed by atoms with van der Waals surface area (Å²) in [5.74, 6) is -1.10. The molecule has 1 aromatic carbocycles. The summed E-state index contributed by atoms with van der Waals surface area (Å²) in [4.78, 5) is 11.3. The number of aromatic carboxylic acids is 1. The molecule has 1 N–H and O–H groups in total. The summed E-state index contributed by atoms with van der Waals surface area (Å²) in [5, 5.41) is 9.16. The first-order valence-corrected chi connectivity index (χ1v) is 8.05. The monoisotopic (exact) mass is 297 g/mol. The van der Waals surface area contributed by atoms with Gasteiger partial charge in [0.1, 0.15) is 0 Å². The Bertz CT molecular complexity index is 651. The maximum absolute atomic E-state index is 12.7. The Morgan fingerprint density at radius 3 is 2.45 bits per heavy atom. The van der Waals surface area contributed by atoms with Gasteiger partial charge in [0.05, 0.1) is 10.5 Å². The van der Waals surface area contributed by atoms with Crippen molar-refractivity contribution in [3.8, 4) is 0 Å². The Morgan fingerprint density at radius 1 is 1.30 bits per heavy atom. The number of aryl methyl sites for hydroxylation is 2. The van der Waals surface area contributed by atoms with Crippen molar-refractivity contribution in [1.82, 2.24) is 4.31 Å². The molecule has 110 valence electrons. The van der Waals surface area contributed by atoms with Gasteiger partial charge in [0.15, 0.2) is 0 Å². The summed E-state index contributed by atoms with van der Waals surface area (Å²) in [5.41, 5.74) is 1.20. The first-order chi connectivity index (χ1) is 9.25. The predicted molar refractivity (Wildman–Crippen MR) is 75.5 cm³/mol. The minimum Gasteiger partial charge on any atom is -0.478 e. The fourth-order valence-electron chi connectivity index (χ4n) is 2.73. The lowest BCUT2D eigenvalue weighted by molar-refractivity contribution is 0.0696. The summed E-state index contributed by atoms with van der Waals surface area (Å²) < 4.78 is 26.8. The first kappa shape index (κ1) is 15.0. The average Bonchev–Trinajstić information content (AvgIpc) is 2.75. The topological polar surface area (TPSA) is 74.7 Å². The fraction of sp³-hybridized carbons (Fsp3) is 0.500. The van der Waals surface area contributed by atoms with Crippen molar-refractivity contribution in [2.45, 2.75) is 44.6 Å². The molecule has 5 nitrogen and oxygen atoms in total. The highest BCUT2D eigenvalue weighted by molar-refractivity contribution is 7.89. The number of benzene rings is 1. The van der Waals surface area contributed by atoms with Gasteiger partial charge in [-0.05, 0) is 50.8 Å². The van der Waals surface area contributed by atoms with Gasteiger partial charge in [-0.15, -0.1) is 0 Å². The van der Waals surface area contributed by atoms with Crippen molar-refractivity contribution >= 4 is 16.0 Å². The standard InChI is InChI=1S/C14H19NO4S/c1-9-7-10(2)13(8-12(9)14(16)17)20(18,19)15-6-4-5-11(15)3/h7-8,11H,4-6H2,1-3H3,(H,16,17). The second-order valence-corrected chi connectivity index (χ2v) is 7.20. The second kappa shape index (κ2) is 5.18. The first-order valence-electron chi connectivity index (χ1n) is 6.61. The third-order valence-electron chi connectivity index (χ3n) is 3.83. The molecule has 1 atom stereocenters. The summed E-state index contributed by atoms with van der Waals surface area (Å²) in [6.07, 6.45) is 1.69. The SMILES string of the molecule is Cc1cc(C)c(S(=O)(=O)N2CCCC2C)cc1C(=O)O. The number of carboxylic acid groups (broad SMARTS) is 1. The normalized spacial score (nSPS) is 20.2. The molecule has 1 heterocycles. The van der Waals surface area contributed by atoms with E-state index in [1.54, 1.807) is 19.9 Å². The van der Waals surface area contributed by atoms with Crippen LogP contribution in [0.1, 0.15) is 41.3 Å². The number of sulfonamides is 1. The quantitative estimate of drug-likeness (QED) is 0.928. The zero-order valence-electron chi connectivity index (χ0n) is 11.9. The van der Waals surface area contributed by atoms with Crippen molar-refractivity contribution in [2.75, 3.05) is 6.54 Å². The molecule has 1 fully saturated rings. The van der Waals surface area contributed by atoms with Crippen LogP contribution in [-0.4, -0.2) is 36.4 Å². The zero-order valence-corrected chi connectivity index (χ0v) is 12.7. The molecule has 0 spiro atoms. The van der Waals surface area contributed by atoms with Crippen molar-refractivity contribution in [2.24, 2.45) is 0 Å². The maximum Gasteiger partial charge on any atom is 0.335 e. The molecule has 0 amide bonds. The van der Waals surface area contributed by atoms with Gasteiger partial charge in [-0.3, -0.25) is 0 Å². The third kappa shape index (κ3) is 2.45. The summed E-state index contributed by atoms with van der Waals surface area (Å²) in [7, 11) is -3.62. The molecule has 1 aliphatic rings. The van der Waals surface area contributed by atoms with E-state index in [2.05, 4.69) is 0 Å². The van der Waals surface area contributed by atoms with E-state index in [9.17, 15) is 13.2 Å². The van der Waals surface area contributed by atoms with Gasteiger partial charge >= 0.3 is 5.97 Å². The van der Waals surface area contributed by atoms with E-state index in [4.69, 9.17) is 5.11 Å². The Balaban J connectivity index is 2.57. The van der Waals surface area contributed by atoms with Crippen LogP contribution in [0.2, 0.25) is 0 Å². The predicted octanol–water partition coefficient (Wildman–Crippen LogP) is 2.17. The number of nitrogens with zero attached hydrogens (tertiary/aromatic N) is 1. The molecular weight excluding hydrogens is 278 g/mol. The van der Waals surface area contributed by atoms with Gasteiger partial charge in [-0.25, -0.2) is 13.2 Å². The maximum atomic E-state index is 12.7. The Hall–Kier alpha value is -1.40. The summed E-state index contributed by atoms with van der Waals surface area (Å²) in [6, 6.07) is 2.87. The highest BCUT2D eigenvalue weighted by Crippen LogP contribution is 2.29. The van der Waals surface area contributed by atoms with Crippen LogP contribution in [-0.2, 0) is 10.0 Å². The van der Waals surface area contributed by atoms with Crippen LogP contribution >= 0.6 is 0 Å². The molecule has 0 aliphatic carbocycles. The van der Waals surface area contributed by atoms with Gasteiger partial charge in [0.2, 0.25) is 10.0 Å². The fourth-order valence-corrected chi connectivity index (χ4v) is 4.66. The van der Waals surface area contributed by atoms with E-state index in [-0.39, 0.29) is 16.5 Å². The molecule has 2 rings (SSSR count). The van der Waals surface area contributed by atoms with E-state index in [1.165, 1.54) is 10.4 Å². The molecule has 1 aromatic rings. The third-order valence-corrected chi connectivity index (χ3v) is 5.99. The lowest BCUT2D eigenvalue weighted by Crippen LogP contribution is -2.34. The smallest absolute Gasteiger partial charge is 0.335 e. The van der Waals surface area contributed by atoms with Crippen LogP contribution in [0.15, 0.2) is 17.0 Å². The second-order valence-electron chi connectivity index (χ2n) is 5.34. The minimum absolute atomic E-state index is 0.0334. The number of carboxylic acids is 1. The molecule has 20 heavy (non-hydrogen) atoms. The van der Waals surface area contributed by atoms with Gasteiger partial charge in [0.25, 0.3) is 0 Å². The van der Waals surface area contributed by atoms with Crippen LogP contribution in [0, 0.1) is 13.8 Å². The van der Waals surface area contributed by atoms with E-state index in [1.807, 2.05) is 6.92 Å². The van der Waals surface area contributed by atoms with E-state index in [0.29, 0.717) is 17.7 Å². The molecule has 1 saturated heterocycles. The molecule has 6 heteroatoms. The average molecular weight is 297 g/mol. The van der Waals surface area contributed by atoms with Gasteiger partial charge in [0, 0.05) is 12.6 Å². The lowest BCUT2D eigenvalue weighted by atomic mass is 10.1. The van der Waals surface area contributed by atoms with Gasteiger partial charge in [-0.1, -0.05) is 6.07 Å². The Morgan fingerprint density at radius 2 is 1.95 bits per heavy atom. The molecular formula is C14H19NO4S. The number of hydrogen-bond acceptors (Lipinski definition) is 3. The summed E-state index contributed by atoms with van der Waals surface area (Å²) in [6.45, 7) is 5.75. The number of carbonyl (C=O) groups is 1. The lowest BCUT2D eigenvalue weighted by Gasteiger charge is -2.22. The molecule has 0 aromatic heterocycles. The van der Waals surface area contributed by atoms with E-state index < -0.39 is 16.0 Å². The van der Waals surface area contributed by atoms with Crippen LogP contribution < -0.4 is 0 Å². The Labute approximate surface area is 119 Å². The van der Waals surface area contributed by atoms with Crippen molar-refractivity contribution in [3.05, 3.63) is 28.8 Å². The van der Waals surface area contributed by atoms with Crippen LogP contribution in [0.25, 0.3) is 0 Å². The molecule has 1 unspecified atom stereocenters. The van der Waals surface area contributed by atoms with E-state index in [0.717, 1.165) is 12.8 Å². The molecule has 0 radical (unpaired) electrons. The zero-order chi connectivity index (χ0) is 15.1. The molecule has 0 saturated carbocycles. The van der Waals surface area contributed by atoms with Crippen molar-refractivity contribution in [3.63, 3.8) is 0 Å². The van der Waals surface area contributed by atoms with Crippen molar-refractivity contribution in [1.29, 1.82) is 0 Å². The van der Waals surface area contributed by atoms with Crippen LogP contribution in [0.4, 0.5) is 0 Å². The molecule has 1 aliphatic heterocycles. The number of hydrogen-bond donors (Lipinski definition) is 1. The van der Waals surface area contributed by atoms with E-state index >= 15 is 0 Å². The highest BCUT2D eigenvalue weighted by Gasteiger charge is 2.34. The minimum atomic E-state index is -3.62. The van der Waals surface area contributed by atoms with Gasteiger partial charge < -0.3 is 5.11 Å². The van der Waals surface area contributed by atoms with Crippen LogP contribution in [0.5, 0.6) is 0 Å². The highest BCUT2D eigenvalue weighted by atomic mass is 32.2. The largest absolute Gasteiger partial charge is 0.478 e. The number of rotatable bonds is 3. The summed E-state index contributed by atoms with van der Waals surface area (Å²) >= 11 is 0. The van der Waals surface area contributed by atoms with Crippen molar-refractivity contribution < 1.29 is 18.3 Å². The van der Waals surface area contributed by atoms with Gasteiger partial charge in [-0.2, -0.15) is 4.31 Å².